The highest BCUT2D eigenvalue weighted by Gasteiger charge is 2.68. The van der Waals surface area contributed by atoms with Crippen LogP contribution in [0.3, 0.4) is 0 Å². The van der Waals surface area contributed by atoms with Crippen LogP contribution in [0.4, 0.5) is 0 Å². The summed E-state index contributed by atoms with van der Waals surface area (Å²) in [5, 5.41) is 2.79. The third kappa shape index (κ3) is 3.46. The van der Waals surface area contributed by atoms with E-state index >= 15 is 0 Å². The fourth-order valence-corrected chi connectivity index (χ4v) is 6.75. The number of hydrogen-bond acceptors (Lipinski definition) is 4. The van der Waals surface area contributed by atoms with Gasteiger partial charge in [-0.1, -0.05) is 47.0 Å². The molecule has 0 N–H and O–H groups in total. The Morgan fingerprint density at radius 3 is 1.97 bits per heavy atom. The van der Waals surface area contributed by atoms with Crippen LogP contribution in [-0.4, -0.2) is 39.6 Å². The molecule has 3 fully saturated rings. The number of amides is 3. The van der Waals surface area contributed by atoms with Crippen molar-refractivity contribution < 1.29 is 19.2 Å². The molecular weight excluding hydrogens is 523 g/mol. The smallest absolute Gasteiger partial charge is 0.273 e. The van der Waals surface area contributed by atoms with Crippen molar-refractivity contribution >= 4 is 58.3 Å². The van der Waals surface area contributed by atoms with Crippen LogP contribution in [0.15, 0.2) is 54.6 Å². The van der Waals surface area contributed by atoms with E-state index in [4.69, 9.17) is 34.8 Å². The second-order valence-corrected chi connectivity index (χ2v) is 11.2. The lowest BCUT2D eigenvalue weighted by Gasteiger charge is -2.37. The zero-order valence-electron chi connectivity index (χ0n) is 19.1. The second kappa shape index (κ2) is 8.44. The van der Waals surface area contributed by atoms with E-state index in [-0.39, 0.29) is 27.4 Å². The third-order valence-corrected chi connectivity index (χ3v) is 9.10. The van der Waals surface area contributed by atoms with E-state index in [1.807, 2.05) is 0 Å². The van der Waals surface area contributed by atoms with Crippen molar-refractivity contribution in [2.24, 2.45) is 35.5 Å². The molecule has 1 saturated heterocycles. The molecule has 5 aliphatic rings. The van der Waals surface area contributed by atoms with E-state index in [1.165, 1.54) is 25.1 Å². The van der Waals surface area contributed by atoms with Gasteiger partial charge in [-0.3, -0.25) is 19.2 Å². The number of imide groups is 1. The van der Waals surface area contributed by atoms with Crippen molar-refractivity contribution in [3.8, 4) is 0 Å². The van der Waals surface area contributed by atoms with Gasteiger partial charge >= 0.3 is 0 Å². The number of ketones is 1. The maximum Gasteiger partial charge on any atom is 0.273 e. The standard InChI is InChI=1S/C27H21Cl3N2O4/c1-12(24(33)13-2-5-15(28)6-3-13)31(25(34)14-4-9-20(29)21(30)10-14)32-26(35)22-16-7-8-17(19-11-18(16)19)23(22)27(32)36/h2-10,12,16-19,22-23H,11H2,1H3/t12-,16+,17+,18-,19+,22-,23+/m1/s1. The summed E-state index contributed by atoms with van der Waals surface area (Å²) in [4.78, 5) is 55.0. The van der Waals surface area contributed by atoms with Gasteiger partial charge in [-0.05, 0) is 79.5 Å². The zero-order valence-corrected chi connectivity index (χ0v) is 21.4. The van der Waals surface area contributed by atoms with Gasteiger partial charge in [0.1, 0.15) is 6.04 Å². The summed E-state index contributed by atoms with van der Waals surface area (Å²) in [7, 11) is 0. The van der Waals surface area contributed by atoms with Crippen molar-refractivity contribution in [3.63, 3.8) is 0 Å². The van der Waals surface area contributed by atoms with E-state index in [1.54, 1.807) is 24.3 Å². The Bertz CT molecular complexity index is 1320. The molecule has 0 unspecified atom stereocenters. The van der Waals surface area contributed by atoms with Crippen molar-refractivity contribution in [1.82, 2.24) is 10.0 Å². The molecular formula is C27H21Cl3N2O4. The first-order valence-electron chi connectivity index (χ1n) is 11.8. The van der Waals surface area contributed by atoms with Crippen molar-refractivity contribution in [1.29, 1.82) is 0 Å². The van der Waals surface area contributed by atoms with E-state index in [0.717, 1.165) is 16.4 Å². The van der Waals surface area contributed by atoms with Crippen LogP contribution in [0.25, 0.3) is 0 Å². The summed E-state index contributed by atoms with van der Waals surface area (Å²) in [6, 6.07) is 9.39. The number of Topliss-reactive ketones (excluding diaryl/α,β-unsaturated/α-hetero) is 1. The normalized spacial score (nSPS) is 30.2. The number of carbonyl (C=O) groups excluding carboxylic acids is 4. The maximum absolute atomic E-state index is 13.9. The highest BCUT2D eigenvalue weighted by Crippen LogP contribution is 2.65. The quantitative estimate of drug-likeness (QED) is 0.290. The van der Waals surface area contributed by atoms with Crippen LogP contribution in [-0.2, 0) is 9.59 Å². The predicted octanol–water partition coefficient (Wildman–Crippen LogP) is 5.33. The lowest BCUT2D eigenvalue weighted by Crippen LogP contribution is -2.56. The van der Waals surface area contributed by atoms with Gasteiger partial charge in [0, 0.05) is 16.1 Å². The van der Waals surface area contributed by atoms with Gasteiger partial charge in [0.05, 0.1) is 21.9 Å². The number of carbonyl (C=O) groups is 4. The van der Waals surface area contributed by atoms with Crippen LogP contribution < -0.4 is 0 Å². The molecule has 9 heteroatoms. The van der Waals surface area contributed by atoms with E-state index in [0.29, 0.717) is 22.4 Å². The van der Waals surface area contributed by atoms with Crippen LogP contribution in [0, 0.1) is 35.5 Å². The number of allylic oxidation sites excluding steroid dienone is 2. The number of hydrazine groups is 1. The summed E-state index contributed by atoms with van der Waals surface area (Å²) in [5.41, 5.74) is 0.415. The fourth-order valence-electron chi connectivity index (χ4n) is 6.32. The van der Waals surface area contributed by atoms with Crippen molar-refractivity contribution in [2.75, 3.05) is 0 Å². The van der Waals surface area contributed by atoms with Gasteiger partial charge < -0.3 is 0 Å². The third-order valence-electron chi connectivity index (χ3n) is 8.10. The summed E-state index contributed by atoms with van der Waals surface area (Å²) in [6.45, 7) is 1.51. The first-order chi connectivity index (χ1) is 17.2. The first-order valence-corrected chi connectivity index (χ1v) is 13.0. The molecule has 0 aromatic heterocycles. The van der Waals surface area contributed by atoms with Crippen LogP contribution in [0.1, 0.15) is 34.1 Å². The molecule has 36 heavy (non-hydrogen) atoms. The number of rotatable bonds is 5. The number of halogens is 3. The van der Waals surface area contributed by atoms with Crippen LogP contribution in [0.5, 0.6) is 0 Å². The molecule has 2 bridgehead atoms. The molecule has 7 rings (SSSR count). The molecule has 2 saturated carbocycles. The molecule has 4 aliphatic carbocycles. The van der Waals surface area contributed by atoms with Crippen LogP contribution >= 0.6 is 34.8 Å². The van der Waals surface area contributed by atoms with Gasteiger partial charge in [0.2, 0.25) is 0 Å². The molecule has 1 heterocycles. The lowest BCUT2D eigenvalue weighted by atomic mass is 9.63. The Morgan fingerprint density at radius 2 is 1.42 bits per heavy atom. The fraction of sp³-hybridized carbons (Fsp3) is 0.333. The molecule has 3 amide bonds. The Balaban J connectivity index is 1.41. The molecule has 1 aliphatic heterocycles. The Hall–Kier alpha value is -2.67. The highest BCUT2D eigenvalue weighted by molar-refractivity contribution is 6.42. The Morgan fingerprint density at radius 1 is 0.861 bits per heavy atom. The molecule has 0 radical (unpaired) electrons. The molecule has 7 atom stereocenters. The molecule has 2 aromatic rings. The number of hydrogen-bond donors (Lipinski definition) is 0. The maximum atomic E-state index is 13.9. The van der Waals surface area contributed by atoms with Crippen LogP contribution in [0.2, 0.25) is 15.1 Å². The van der Waals surface area contributed by atoms with Crippen molar-refractivity contribution in [2.45, 2.75) is 19.4 Å². The average Bonchev–Trinajstić information content (AvgIpc) is 3.65. The van der Waals surface area contributed by atoms with E-state index in [9.17, 15) is 19.2 Å². The Labute approximate surface area is 222 Å². The summed E-state index contributed by atoms with van der Waals surface area (Å²) >= 11 is 18.2. The molecule has 2 aromatic carbocycles. The topological polar surface area (TPSA) is 74.8 Å². The van der Waals surface area contributed by atoms with E-state index in [2.05, 4.69) is 12.2 Å². The minimum atomic E-state index is -1.15. The Kier molecular flexibility index (Phi) is 5.56. The highest BCUT2D eigenvalue weighted by atomic mass is 35.5. The number of nitrogens with zero attached hydrogens (tertiary/aromatic N) is 2. The van der Waals surface area contributed by atoms with Gasteiger partial charge in [-0.15, -0.1) is 0 Å². The predicted molar refractivity (Wildman–Crippen MR) is 134 cm³/mol. The molecule has 0 spiro atoms. The largest absolute Gasteiger partial charge is 0.292 e. The van der Waals surface area contributed by atoms with Gasteiger partial charge in [0.15, 0.2) is 5.78 Å². The monoisotopic (exact) mass is 542 g/mol. The lowest BCUT2D eigenvalue weighted by molar-refractivity contribution is -0.156. The minimum Gasteiger partial charge on any atom is -0.292 e. The summed E-state index contributed by atoms with van der Waals surface area (Å²) < 4.78 is 0. The SMILES string of the molecule is C[C@H](C(=O)c1ccc(Cl)cc1)N(C(=O)c1ccc(Cl)c(Cl)c1)N1C(=O)[C@@H]2[C@H]3C=C[C@@H]([C@@H]4C[C@H]34)[C@@H]2C1=O. The molecule has 184 valence electrons. The second-order valence-electron chi connectivity index (χ2n) is 9.97. The van der Waals surface area contributed by atoms with Gasteiger partial charge in [0.25, 0.3) is 17.7 Å². The van der Waals surface area contributed by atoms with Crippen molar-refractivity contribution in [3.05, 3.63) is 80.8 Å². The summed E-state index contributed by atoms with van der Waals surface area (Å²) in [6.07, 6.45) is 5.14. The average molecular weight is 544 g/mol. The zero-order chi connectivity index (χ0) is 25.5. The number of benzene rings is 2. The first kappa shape index (κ1) is 23.7. The van der Waals surface area contributed by atoms with Gasteiger partial charge in [-0.25, -0.2) is 5.01 Å². The summed E-state index contributed by atoms with van der Waals surface area (Å²) in [5.74, 6) is -2.23. The van der Waals surface area contributed by atoms with Gasteiger partial charge in [-0.2, -0.15) is 5.01 Å². The van der Waals surface area contributed by atoms with E-state index < -0.39 is 41.4 Å². The molecule has 6 nitrogen and oxygen atoms in total. The minimum absolute atomic E-state index is 0.0179.